The Balaban J connectivity index is 1.95. The van der Waals surface area contributed by atoms with E-state index in [1.807, 2.05) is 19.1 Å². The van der Waals surface area contributed by atoms with Crippen LogP contribution in [0, 0.1) is 20.8 Å². The van der Waals surface area contributed by atoms with Crippen LogP contribution < -0.4 is 0 Å². The molecule has 0 bridgehead atoms. The normalized spacial score (nSPS) is 15.6. The molecule has 0 unspecified atom stereocenters. The van der Waals surface area contributed by atoms with Crippen LogP contribution in [0.3, 0.4) is 0 Å². The van der Waals surface area contributed by atoms with Gasteiger partial charge in [0.05, 0.1) is 4.90 Å². The molecule has 0 saturated heterocycles. The number of thiophene rings is 1. The number of rotatable bonds is 2. The third-order valence-corrected chi connectivity index (χ3v) is 6.76. The number of aryl methyl sites for hydroxylation is 3. The van der Waals surface area contributed by atoms with Crippen molar-refractivity contribution in [2.45, 2.75) is 38.8 Å². The molecule has 0 saturated carbocycles. The second kappa shape index (κ2) is 4.69. The third kappa shape index (κ3) is 2.10. The molecule has 0 aliphatic carbocycles. The second-order valence-corrected chi connectivity index (χ2v) is 8.62. The maximum atomic E-state index is 12.7. The molecule has 0 atom stereocenters. The van der Waals surface area contributed by atoms with Gasteiger partial charge in [-0.05, 0) is 44.0 Å². The fourth-order valence-corrected chi connectivity index (χ4v) is 5.09. The molecule has 5 heteroatoms. The summed E-state index contributed by atoms with van der Waals surface area (Å²) in [5, 5.41) is 0. The van der Waals surface area contributed by atoms with Crippen LogP contribution in [-0.4, -0.2) is 12.7 Å². The van der Waals surface area contributed by atoms with Crippen LogP contribution in [-0.2, 0) is 23.1 Å². The van der Waals surface area contributed by atoms with Crippen molar-refractivity contribution in [1.29, 1.82) is 0 Å². The van der Waals surface area contributed by atoms with Gasteiger partial charge in [0.25, 0.3) is 0 Å². The molecular formula is C15H17NO2S2. The number of sulfonamides is 1. The molecular weight excluding hydrogens is 290 g/mol. The Morgan fingerprint density at radius 1 is 0.950 bits per heavy atom. The molecule has 1 aromatic carbocycles. The van der Waals surface area contributed by atoms with E-state index in [9.17, 15) is 8.42 Å². The fraction of sp³-hybridized carbons (Fsp3) is 0.333. The molecule has 20 heavy (non-hydrogen) atoms. The number of hydrogen-bond donors (Lipinski definition) is 0. The minimum Gasteiger partial charge on any atom is -0.207 e. The van der Waals surface area contributed by atoms with Gasteiger partial charge in [-0.3, -0.25) is 0 Å². The Bertz CT molecular complexity index is 731. The first kappa shape index (κ1) is 13.8. The van der Waals surface area contributed by atoms with Crippen molar-refractivity contribution in [1.82, 2.24) is 4.31 Å². The molecule has 2 aromatic rings. The molecule has 0 amide bonds. The van der Waals surface area contributed by atoms with Crippen LogP contribution in [0.4, 0.5) is 0 Å². The van der Waals surface area contributed by atoms with Crippen LogP contribution in [0.2, 0.25) is 0 Å². The summed E-state index contributed by atoms with van der Waals surface area (Å²) in [6, 6.07) is 7.06. The van der Waals surface area contributed by atoms with Crippen LogP contribution >= 0.6 is 11.3 Å². The van der Waals surface area contributed by atoms with Gasteiger partial charge in [-0.1, -0.05) is 17.7 Å². The summed E-state index contributed by atoms with van der Waals surface area (Å²) in [5.41, 5.74) is 3.46. The summed E-state index contributed by atoms with van der Waals surface area (Å²) < 4.78 is 26.9. The smallest absolute Gasteiger partial charge is 0.207 e. The van der Waals surface area contributed by atoms with Gasteiger partial charge in [0, 0.05) is 22.8 Å². The van der Waals surface area contributed by atoms with E-state index >= 15 is 0 Å². The topological polar surface area (TPSA) is 37.4 Å². The largest absolute Gasteiger partial charge is 0.243 e. The molecule has 0 radical (unpaired) electrons. The van der Waals surface area contributed by atoms with E-state index in [0.29, 0.717) is 18.0 Å². The van der Waals surface area contributed by atoms with Crippen molar-refractivity contribution in [3.05, 3.63) is 50.7 Å². The van der Waals surface area contributed by atoms with E-state index < -0.39 is 10.0 Å². The summed E-state index contributed by atoms with van der Waals surface area (Å²) in [4.78, 5) is 2.85. The van der Waals surface area contributed by atoms with E-state index in [4.69, 9.17) is 0 Å². The first-order valence-corrected chi connectivity index (χ1v) is 8.80. The van der Waals surface area contributed by atoms with Gasteiger partial charge < -0.3 is 0 Å². The zero-order chi connectivity index (χ0) is 14.5. The molecule has 0 spiro atoms. The SMILES string of the molecule is Cc1ccc(S(=O)(=O)N2Cc3c(C)sc(C)c3C2)cc1. The number of benzene rings is 1. The molecule has 1 aromatic heterocycles. The first-order chi connectivity index (χ1) is 9.39. The van der Waals surface area contributed by atoms with Crippen molar-refractivity contribution in [3.63, 3.8) is 0 Å². The predicted octanol–water partition coefficient (Wildman–Crippen LogP) is 3.38. The van der Waals surface area contributed by atoms with Gasteiger partial charge in [-0.2, -0.15) is 4.31 Å². The van der Waals surface area contributed by atoms with Crippen molar-refractivity contribution < 1.29 is 8.42 Å². The lowest BCUT2D eigenvalue weighted by atomic mass is 10.2. The summed E-state index contributed by atoms with van der Waals surface area (Å²) in [7, 11) is -3.39. The van der Waals surface area contributed by atoms with Crippen LogP contribution in [0.25, 0.3) is 0 Å². The van der Waals surface area contributed by atoms with Gasteiger partial charge in [0.2, 0.25) is 10.0 Å². The van der Waals surface area contributed by atoms with Gasteiger partial charge >= 0.3 is 0 Å². The Labute approximate surface area is 123 Å². The summed E-state index contributed by atoms with van der Waals surface area (Å²) in [5.74, 6) is 0. The van der Waals surface area contributed by atoms with E-state index in [0.717, 1.165) is 5.56 Å². The highest BCUT2D eigenvalue weighted by Gasteiger charge is 2.33. The lowest BCUT2D eigenvalue weighted by molar-refractivity contribution is 0.431. The quantitative estimate of drug-likeness (QED) is 0.853. The predicted molar refractivity (Wildman–Crippen MR) is 81.4 cm³/mol. The van der Waals surface area contributed by atoms with Gasteiger partial charge in [-0.15, -0.1) is 11.3 Å². The Kier molecular flexibility index (Phi) is 3.23. The second-order valence-electron chi connectivity index (χ2n) is 5.26. The maximum absolute atomic E-state index is 12.7. The van der Waals surface area contributed by atoms with E-state index in [-0.39, 0.29) is 0 Å². The average Bonchev–Trinajstić information content (AvgIpc) is 2.93. The zero-order valence-corrected chi connectivity index (χ0v) is 13.4. The molecule has 2 heterocycles. The molecule has 1 aliphatic heterocycles. The average molecular weight is 307 g/mol. The van der Waals surface area contributed by atoms with E-state index in [2.05, 4.69) is 13.8 Å². The van der Waals surface area contributed by atoms with Crippen LogP contribution in [0.1, 0.15) is 26.4 Å². The third-order valence-electron chi connectivity index (χ3n) is 3.85. The van der Waals surface area contributed by atoms with Crippen LogP contribution in [0.15, 0.2) is 29.2 Å². The molecule has 0 fully saturated rings. The maximum Gasteiger partial charge on any atom is 0.243 e. The fourth-order valence-electron chi connectivity index (χ4n) is 2.63. The van der Waals surface area contributed by atoms with Crippen molar-refractivity contribution in [2.75, 3.05) is 0 Å². The summed E-state index contributed by atoms with van der Waals surface area (Å²) in [6.45, 7) is 7.09. The minimum atomic E-state index is -3.39. The first-order valence-electron chi connectivity index (χ1n) is 6.54. The molecule has 3 nitrogen and oxygen atoms in total. The highest BCUT2D eigenvalue weighted by atomic mass is 32.2. The zero-order valence-electron chi connectivity index (χ0n) is 11.8. The number of nitrogens with zero attached hydrogens (tertiary/aromatic N) is 1. The standard InChI is InChI=1S/C15H17NO2S2/c1-10-4-6-13(7-5-10)20(17,18)16-8-14-11(2)19-12(3)15(14)9-16/h4-7H,8-9H2,1-3H3. The van der Waals surface area contributed by atoms with Gasteiger partial charge in [-0.25, -0.2) is 8.42 Å². The monoisotopic (exact) mass is 307 g/mol. The number of hydrogen-bond acceptors (Lipinski definition) is 3. The Morgan fingerprint density at radius 3 is 1.95 bits per heavy atom. The van der Waals surface area contributed by atoms with Crippen molar-refractivity contribution in [3.8, 4) is 0 Å². The highest BCUT2D eigenvalue weighted by Crippen LogP contribution is 2.37. The van der Waals surface area contributed by atoms with Crippen molar-refractivity contribution >= 4 is 21.4 Å². The lowest BCUT2D eigenvalue weighted by Crippen LogP contribution is -2.25. The number of fused-ring (bicyclic) bond motifs is 1. The molecule has 1 aliphatic rings. The Hall–Kier alpha value is -1.17. The molecule has 106 valence electrons. The van der Waals surface area contributed by atoms with Crippen molar-refractivity contribution in [2.24, 2.45) is 0 Å². The Morgan fingerprint density at radius 2 is 1.45 bits per heavy atom. The van der Waals surface area contributed by atoms with Gasteiger partial charge in [0.15, 0.2) is 0 Å². The van der Waals surface area contributed by atoms with E-state index in [1.165, 1.54) is 20.9 Å². The minimum absolute atomic E-state index is 0.382. The lowest BCUT2D eigenvalue weighted by Gasteiger charge is -2.16. The van der Waals surface area contributed by atoms with Gasteiger partial charge in [0.1, 0.15) is 0 Å². The summed E-state index contributed by atoms with van der Waals surface area (Å²) >= 11 is 1.76. The molecule has 0 N–H and O–H groups in total. The van der Waals surface area contributed by atoms with E-state index in [1.54, 1.807) is 27.8 Å². The highest BCUT2D eigenvalue weighted by molar-refractivity contribution is 7.89. The molecule has 3 rings (SSSR count). The summed E-state index contributed by atoms with van der Waals surface area (Å²) in [6.07, 6.45) is 0. The van der Waals surface area contributed by atoms with Crippen LogP contribution in [0.5, 0.6) is 0 Å².